The molecule has 2 heteroatoms. The molecule has 1 aromatic rings. The van der Waals surface area contributed by atoms with Gasteiger partial charge in [-0.3, -0.25) is 0 Å². The van der Waals surface area contributed by atoms with E-state index in [1.54, 1.807) is 0 Å². The second kappa shape index (κ2) is 5.26. The second-order valence-electron chi connectivity index (χ2n) is 6.29. The van der Waals surface area contributed by atoms with Gasteiger partial charge in [-0.2, -0.15) is 0 Å². The molecule has 0 aromatic heterocycles. The minimum absolute atomic E-state index is 0.189. The van der Waals surface area contributed by atoms with E-state index < -0.39 is 0 Å². The van der Waals surface area contributed by atoms with Crippen molar-refractivity contribution in [2.75, 3.05) is 13.2 Å². The van der Waals surface area contributed by atoms with Crippen molar-refractivity contribution in [3.8, 4) is 0 Å². The fourth-order valence-electron chi connectivity index (χ4n) is 3.52. The highest BCUT2D eigenvalue weighted by Gasteiger charge is 2.49. The molecule has 1 heterocycles. The van der Waals surface area contributed by atoms with Crippen LogP contribution in [0.2, 0.25) is 0 Å². The van der Waals surface area contributed by atoms with Crippen LogP contribution in [0.25, 0.3) is 0 Å². The number of ether oxygens (including phenoxy) is 1. The van der Waals surface area contributed by atoms with E-state index in [-0.39, 0.29) is 5.41 Å². The van der Waals surface area contributed by atoms with Gasteiger partial charge >= 0.3 is 0 Å². The van der Waals surface area contributed by atoms with Gasteiger partial charge in [-0.25, -0.2) is 0 Å². The number of hydrogen-bond acceptors (Lipinski definition) is 2. The maximum Gasteiger partial charge on any atom is 0.0675 e. The molecule has 19 heavy (non-hydrogen) atoms. The van der Waals surface area contributed by atoms with Crippen LogP contribution in [-0.2, 0) is 17.6 Å². The topological polar surface area (TPSA) is 35.2 Å². The molecule has 0 amide bonds. The summed E-state index contributed by atoms with van der Waals surface area (Å²) in [5.41, 5.74) is 9.16. The predicted octanol–water partition coefficient (Wildman–Crippen LogP) is 2.94. The van der Waals surface area contributed by atoms with Crippen LogP contribution in [0.1, 0.15) is 37.3 Å². The van der Waals surface area contributed by atoms with Crippen molar-refractivity contribution in [3.63, 3.8) is 0 Å². The van der Waals surface area contributed by atoms with E-state index in [1.807, 2.05) is 0 Å². The van der Waals surface area contributed by atoms with E-state index in [0.717, 1.165) is 38.3 Å². The first kappa shape index (κ1) is 13.1. The highest BCUT2D eigenvalue weighted by Crippen LogP contribution is 2.48. The Bertz CT molecular complexity index is 423. The maximum atomic E-state index is 6.15. The van der Waals surface area contributed by atoms with Crippen molar-refractivity contribution < 1.29 is 4.74 Å². The van der Waals surface area contributed by atoms with E-state index in [1.165, 1.54) is 24.0 Å². The minimum atomic E-state index is 0.189. The van der Waals surface area contributed by atoms with E-state index in [9.17, 15) is 0 Å². The number of benzene rings is 1. The van der Waals surface area contributed by atoms with Crippen molar-refractivity contribution in [2.24, 2.45) is 17.1 Å². The van der Waals surface area contributed by atoms with Gasteiger partial charge in [-0.1, -0.05) is 31.2 Å². The lowest BCUT2D eigenvalue weighted by Gasteiger charge is -2.33. The molecule has 2 fully saturated rings. The average Bonchev–Trinajstić information content (AvgIpc) is 3.21. The van der Waals surface area contributed by atoms with Crippen LogP contribution in [0.15, 0.2) is 24.3 Å². The summed E-state index contributed by atoms with van der Waals surface area (Å²) in [5.74, 6) is 0.779. The first-order valence-electron chi connectivity index (χ1n) is 7.67. The molecule has 104 valence electrons. The first-order chi connectivity index (χ1) is 9.27. The second-order valence-corrected chi connectivity index (χ2v) is 6.29. The summed E-state index contributed by atoms with van der Waals surface area (Å²) >= 11 is 0. The molecular weight excluding hydrogens is 234 g/mol. The van der Waals surface area contributed by atoms with Gasteiger partial charge in [-0.15, -0.1) is 0 Å². The molecule has 1 aliphatic carbocycles. The van der Waals surface area contributed by atoms with Gasteiger partial charge in [0.25, 0.3) is 0 Å². The van der Waals surface area contributed by atoms with Crippen LogP contribution < -0.4 is 5.73 Å². The van der Waals surface area contributed by atoms with Crippen molar-refractivity contribution >= 4 is 0 Å². The van der Waals surface area contributed by atoms with Gasteiger partial charge in [0.15, 0.2) is 0 Å². The summed E-state index contributed by atoms with van der Waals surface area (Å²) in [6, 6.07) is 9.06. The molecule has 0 spiro atoms. The van der Waals surface area contributed by atoms with Gasteiger partial charge in [0, 0.05) is 18.6 Å². The minimum Gasteiger partial charge on any atom is -0.377 e. The Balaban J connectivity index is 1.77. The quantitative estimate of drug-likeness (QED) is 0.882. The number of aryl methyl sites for hydroxylation is 1. The number of hydrogen-bond donors (Lipinski definition) is 1. The zero-order valence-corrected chi connectivity index (χ0v) is 11.9. The van der Waals surface area contributed by atoms with Gasteiger partial charge in [0.1, 0.15) is 0 Å². The zero-order chi connectivity index (χ0) is 13.3. The predicted molar refractivity (Wildman–Crippen MR) is 78.1 cm³/mol. The Morgan fingerprint density at radius 2 is 1.89 bits per heavy atom. The standard InChI is InChI=1S/C17H25NO/c1-2-13-3-5-14(6-4-13)11-17(12-18)9-10-19-16(17)15-7-8-15/h3-6,15-16H,2,7-12,18H2,1H3. The lowest BCUT2D eigenvalue weighted by molar-refractivity contribution is 0.0345. The first-order valence-corrected chi connectivity index (χ1v) is 7.67. The van der Waals surface area contributed by atoms with Crippen molar-refractivity contribution in [1.29, 1.82) is 0 Å². The molecule has 2 atom stereocenters. The summed E-state index contributed by atoms with van der Waals surface area (Å²) in [6.45, 7) is 3.85. The Hall–Kier alpha value is -0.860. The fraction of sp³-hybridized carbons (Fsp3) is 0.647. The Morgan fingerprint density at radius 3 is 2.47 bits per heavy atom. The maximum absolute atomic E-state index is 6.15. The highest BCUT2D eigenvalue weighted by molar-refractivity contribution is 5.24. The Morgan fingerprint density at radius 1 is 1.21 bits per heavy atom. The van der Waals surface area contributed by atoms with Crippen LogP contribution in [0.5, 0.6) is 0 Å². The van der Waals surface area contributed by atoms with Gasteiger partial charge < -0.3 is 10.5 Å². The van der Waals surface area contributed by atoms with Crippen LogP contribution >= 0.6 is 0 Å². The summed E-state index contributed by atoms with van der Waals surface area (Å²) in [4.78, 5) is 0. The summed E-state index contributed by atoms with van der Waals surface area (Å²) in [7, 11) is 0. The van der Waals surface area contributed by atoms with Crippen LogP contribution in [0.3, 0.4) is 0 Å². The summed E-state index contributed by atoms with van der Waals surface area (Å²) in [5, 5.41) is 0. The lowest BCUT2D eigenvalue weighted by atomic mass is 9.74. The van der Waals surface area contributed by atoms with Crippen LogP contribution in [0, 0.1) is 11.3 Å². The molecule has 1 saturated carbocycles. The lowest BCUT2D eigenvalue weighted by Crippen LogP contribution is -2.41. The number of nitrogens with two attached hydrogens (primary N) is 1. The van der Waals surface area contributed by atoms with Crippen LogP contribution in [0.4, 0.5) is 0 Å². The Labute approximate surface area is 116 Å². The third-order valence-corrected chi connectivity index (χ3v) is 4.95. The normalized spacial score (nSPS) is 30.7. The summed E-state index contributed by atoms with van der Waals surface area (Å²) in [6.07, 6.45) is 6.39. The van der Waals surface area contributed by atoms with E-state index in [4.69, 9.17) is 10.5 Å². The SMILES string of the molecule is CCc1ccc(CC2(CN)CCOC2C2CC2)cc1. The molecule has 0 bridgehead atoms. The van der Waals surface area contributed by atoms with E-state index in [0.29, 0.717) is 6.10 Å². The van der Waals surface area contributed by atoms with E-state index in [2.05, 4.69) is 31.2 Å². The Kier molecular flexibility index (Phi) is 3.64. The van der Waals surface area contributed by atoms with Crippen LogP contribution in [-0.4, -0.2) is 19.3 Å². The highest BCUT2D eigenvalue weighted by atomic mass is 16.5. The molecule has 1 aliphatic heterocycles. The van der Waals surface area contributed by atoms with Crippen molar-refractivity contribution in [2.45, 2.75) is 45.1 Å². The molecule has 1 aromatic carbocycles. The largest absolute Gasteiger partial charge is 0.377 e. The molecule has 0 radical (unpaired) electrons. The monoisotopic (exact) mass is 259 g/mol. The van der Waals surface area contributed by atoms with E-state index >= 15 is 0 Å². The average molecular weight is 259 g/mol. The van der Waals surface area contributed by atoms with Gasteiger partial charge in [0.05, 0.1) is 6.10 Å². The third-order valence-electron chi connectivity index (χ3n) is 4.95. The van der Waals surface area contributed by atoms with Gasteiger partial charge in [-0.05, 0) is 49.1 Å². The van der Waals surface area contributed by atoms with Crippen molar-refractivity contribution in [1.82, 2.24) is 0 Å². The van der Waals surface area contributed by atoms with Gasteiger partial charge in [0.2, 0.25) is 0 Å². The molecule has 2 N–H and O–H groups in total. The molecule has 2 aliphatic rings. The molecule has 2 nitrogen and oxygen atoms in total. The molecular formula is C17H25NO. The molecule has 3 rings (SSSR count). The summed E-state index contributed by atoms with van der Waals surface area (Å²) < 4.78 is 6.02. The molecule has 1 saturated heterocycles. The zero-order valence-electron chi connectivity index (χ0n) is 11.9. The smallest absolute Gasteiger partial charge is 0.0675 e. The molecule has 2 unspecified atom stereocenters. The third kappa shape index (κ3) is 2.56. The number of rotatable bonds is 5. The van der Waals surface area contributed by atoms with Crippen molar-refractivity contribution in [3.05, 3.63) is 35.4 Å². The fourth-order valence-corrected chi connectivity index (χ4v) is 3.52.